The van der Waals surface area contributed by atoms with Crippen molar-refractivity contribution in [3.8, 4) is 0 Å². The molecular weight excluding hydrogens is 116 g/mol. The van der Waals surface area contributed by atoms with E-state index >= 15 is 0 Å². The zero-order valence-electron chi connectivity index (χ0n) is 3.34. The molecule has 0 amide bonds. The standard InChI is InChI=1S/C2H2O4Si/c3-1-2(4)6-7-5-1/h7H2. The van der Waals surface area contributed by atoms with Crippen molar-refractivity contribution in [3.63, 3.8) is 0 Å². The first-order chi connectivity index (χ1) is 3.30. The maximum Gasteiger partial charge on any atom is 0.433 e. The third kappa shape index (κ3) is 0.613. The zero-order valence-corrected chi connectivity index (χ0v) is 4.75. The fourth-order valence-corrected chi connectivity index (χ4v) is 0.763. The molecule has 4 nitrogen and oxygen atoms in total. The van der Waals surface area contributed by atoms with Crippen LogP contribution in [-0.2, 0) is 18.4 Å². The van der Waals surface area contributed by atoms with Crippen LogP contribution in [-0.4, -0.2) is 21.9 Å². The van der Waals surface area contributed by atoms with E-state index < -0.39 is 21.9 Å². The smallest absolute Gasteiger partial charge is 0.433 e. The minimum Gasteiger partial charge on any atom is -0.481 e. The summed E-state index contributed by atoms with van der Waals surface area (Å²) >= 11 is 0. The summed E-state index contributed by atoms with van der Waals surface area (Å²) in [5.74, 6) is -1.68. The Kier molecular flexibility index (Phi) is 0.826. The highest BCUT2D eigenvalue weighted by Gasteiger charge is 2.23. The van der Waals surface area contributed by atoms with E-state index in [1.165, 1.54) is 0 Å². The van der Waals surface area contributed by atoms with Gasteiger partial charge in [0, 0.05) is 0 Å². The van der Waals surface area contributed by atoms with E-state index in [1.807, 2.05) is 0 Å². The molecule has 0 unspecified atom stereocenters. The first-order valence-electron chi connectivity index (χ1n) is 1.64. The molecule has 1 fully saturated rings. The van der Waals surface area contributed by atoms with Crippen LogP contribution < -0.4 is 0 Å². The Morgan fingerprint density at radius 1 is 1.14 bits per heavy atom. The van der Waals surface area contributed by atoms with Gasteiger partial charge < -0.3 is 8.85 Å². The maximum absolute atomic E-state index is 9.91. The van der Waals surface area contributed by atoms with Crippen LogP contribution in [0.4, 0.5) is 0 Å². The van der Waals surface area contributed by atoms with Gasteiger partial charge in [0.2, 0.25) is 0 Å². The Balaban J connectivity index is 2.65. The predicted octanol–water partition coefficient (Wildman–Crippen LogP) is -1.91. The van der Waals surface area contributed by atoms with E-state index in [0.29, 0.717) is 0 Å². The van der Waals surface area contributed by atoms with Gasteiger partial charge in [-0.1, -0.05) is 0 Å². The van der Waals surface area contributed by atoms with E-state index in [9.17, 15) is 9.59 Å². The second kappa shape index (κ2) is 1.34. The first kappa shape index (κ1) is 4.32. The molecule has 1 aliphatic heterocycles. The molecule has 0 N–H and O–H groups in total. The Bertz CT molecular complexity index is 105. The molecule has 5 heteroatoms. The molecule has 0 saturated carbocycles. The number of hydrogen-bond donors (Lipinski definition) is 0. The van der Waals surface area contributed by atoms with Crippen molar-refractivity contribution >= 4 is 21.9 Å². The van der Waals surface area contributed by atoms with Gasteiger partial charge in [-0.2, -0.15) is 0 Å². The van der Waals surface area contributed by atoms with Crippen LogP contribution in [0, 0.1) is 0 Å². The predicted molar refractivity (Wildman–Crippen MR) is 20.7 cm³/mol. The fraction of sp³-hybridized carbons (Fsp3) is 0. The lowest BCUT2D eigenvalue weighted by Crippen LogP contribution is -2.05. The second-order valence-electron chi connectivity index (χ2n) is 0.981. The lowest BCUT2D eigenvalue weighted by Gasteiger charge is -1.75. The summed E-state index contributed by atoms with van der Waals surface area (Å²) in [7, 11) is -1.25. The van der Waals surface area contributed by atoms with E-state index in [-0.39, 0.29) is 0 Å². The molecule has 0 aliphatic carbocycles. The summed E-state index contributed by atoms with van der Waals surface area (Å²) in [6.45, 7) is 0. The van der Waals surface area contributed by atoms with Gasteiger partial charge in [-0.15, -0.1) is 0 Å². The van der Waals surface area contributed by atoms with Gasteiger partial charge in [-0.25, -0.2) is 9.59 Å². The Morgan fingerprint density at radius 2 is 1.57 bits per heavy atom. The molecule has 1 aliphatic rings. The van der Waals surface area contributed by atoms with Gasteiger partial charge in [-0.05, 0) is 0 Å². The molecule has 1 rings (SSSR count). The number of hydrogen-bond acceptors (Lipinski definition) is 4. The van der Waals surface area contributed by atoms with Crippen molar-refractivity contribution in [3.05, 3.63) is 0 Å². The highest BCUT2D eigenvalue weighted by Crippen LogP contribution is 1.89. The molecular formula is C2H2O4Si. The molecule has 0 spiro atoms. The SMILES string of the molecule is O=C1O[SiH2]OC1=O. The molecule has 7 heavy (non-hydrogen) atoms. The highest BCUT2D eigenvalue weighted by molar-refractivity contribution is 6.47. The summed E-state index contributed by atoms with van der Waals surface area (Å²) in [5, 5.41) is 0. The van der Waals surface area contributed by atoms with Crippen molar-refractivity contribution in [1.29, 1.82) is 0 Å². The molecule has 0 radical (unpaired) electrons. The Hall–Kier alpha value is -0.843. The van der Waals surface area contributed by atoms with Crippen molar-refractivity contribution < 1.29 is 18.4 Å². The normalized spacial score (nSPS) is 18.9. The number of carbonyl (C=O) groups excluding carboxylic acids is 2. The molecule has 0 bridgehead atoms. The van der Waals surface area contributed by atoms with E-state index in [1.54, 1.807) is 0 Å². The van der Waals surface area contributed by atoms with Crippen molar-refractivity contribution in [2.75, 3.05) is 0 Å². The third-order valence-electron chi connectivity index (χ3n) is 0.547. The van der Waals surface area contributed by atoms with Crippen molar-refractivity contribution in [2.45, 2.75) is 0 Å². The van der Waals surface area contributed by atoms with E-state index in [0.717, 1.165) is 0 Å². The van der Waals surface area contributed by atoms with Crippen molar-refractivity contribution in [1.82, 2.24) is 0 Å². The molecule has 38 valence electrons. The lowest BCUT2D eigenvalue weighted by atomic mass is 10.7. The topological polar surface area (TPSA) is 52.6 Å². The summed E-state index contributed by atoms with van der Waals surface area (Å²) < 4.78 is 8.39. The van der Waals surface area contributed by atoms with Crippen LogP contribution in [0.1, 0.15) is 0 Å². The monoisotopic (exact) mass is 118 g/mol. The van der Waals surface area contributed by atoms with Crippen LogP contribution >= 0.6 is 0 Å². The third-order valence-corrected chi connectivity index (χ3v) is 1.31. The van der Waals surface area contributed by atoms with Crippen molar-refractivity contribution in [2.24, 2.45) is 0 Å². The van der Waals surface area contributed by atoms with Gasteiger partial charge in [0.15, 0.2) is 0 Å². The fourth-order valence-electron chi connectivity index (χ4n) is 0.254. The van der Waals surface area contributed by atoms with Crippen LogP contribution in [0.5, 0.6) is 0 Å². The van der Waals surface area contributed by atoms with E-state index in [4.69, 9.17) is 0 Å². The van der Waals surface area contributed by atoms with Gasteiger partial charge >= 0.3 is 21.9 Å². The molecule has 0 aromatic rings. The largest absolute Gasteiger partial charge is 0.481 e. The average Bonchev–Trinajstić information content (AvgIpc) is 1.91. The first-order valence-corrected chi connectivity index (χ1v) is 2.80. The minimum absolute atomic E-state index is 0.841. The molecule has 0 aromatic heterocycles. The minimum atomic E-state index is -1.25. The molecule has 0 aromatic carbocycles. The highest BCUT2D eigenvalue weighted by atomic mass is 28.3. The van der Waals surface area contributed by atoms with Gasteiger partial charge in [-0.3, -0.25) is 0 Å². The summed E-state index contributed by atoms with van der Waals surface area (Å²) in [5.41, 5.74) is 0. The van der Waals surface area contributed by atoms with Crippen LogP contribution in [0.3, 0.4) is 0 Å². The summed E-state index contributed by atoms with van der Waals surface area (Å²) in [6, 6.07) is 0. The maximum atomic E-state index is 9.91. The van der Waals surface area contributed by atoms with Crippen LogP contribution in [0.15, 0.2) is 0 Å². The molecule has 0 atom stereocenters. The van der Waals surface area contributed by atoms with Gasteiger partial charge in [0.1, 0.15) is 0 Å². The lowest BCUT2D eigenvalue weighted by molar-refractivity contribution is -0.150. The van der Waals surface area contributed by atoms with E-state index in [2.05, 4.69) is 8.85 Å². The van der Waals surface area contributed by atoms with Gasteiger partial charge in [0.25, 0.3) is 0 Å². The quantitative estimate of drug-likeness (QED) is 0.275. The number of rotatable bonds is 0. The molecule has 1 heterocycles. The van der Waals surface area contributed by atoms with Crippen LogP contribution in [0.25, 0.3) is 0 Å². The zero-order chi connectivity index (χ0) is 5.28. The van der Waals surface area contributed by atoms with Gasteiger partial charge in [0.05, 0.1) is 0 Å². The Labute approximate surface area is 41.5 Å². The van der Waals surface area contributed by atoms with Crippen LogP contribution in [0.2, 0.25) is 0 Å². The Morgan fingerprint density at radius 3 is 1.71 bits per heavy atom. The summed E-state index contributed by atoms with van der Waals surface area (Å²) in [4.78, 5) is 19.8. The summed E-state index contributed by atoms with van der Waals surface area (Å²) in [6.07, 6.45) is 0. The average molecular weight is 118 g/mol. The second-order valence-corrected chi connectivity index (χ2v) is 1.79. The number of carbonyl (C=O) groups is 2. The molecule has 1 saturated heterocycles.